The summed E-state index contributed by atoms with van der Waals surface area (Å²) in [5.41, 5.74) is 0. The highest BCUT2D eigenvalue weighted by molar-refractivity contribution is 14.0. The summed E-state index contributed by atoms with van der Waals surface area (Å²) in [7, 11) is 4.39. The predicted octanol–water partition coefficient (Wildman–Crippen LogP) is 1.14. The number of nitrogens with zero attached hydrogens (tertiary/aromatic N) is 6. The second-order valence-electron chi connectivity index (χ2n) is 8.22. The van der Waals surface area contributed by atoms with Crippen LogP contribution >= 0.6 is 24.0 Å². The number of likely N-dealkylation sites (N-methyl/N-ethyl adjacent to an activating group) is 2. The molecule has 0 radical (unpaired) electrons. The van der Waals surface area contributed by atoms with Gasteiger partial charge in [0, 0.05) is 50.6 Å². The number of piperazine rings is 1. The second-order valence-corrected chi connectivity index (χ2v) is 8.22. The van der Waals surface area contributed by atoms with Crippen molar-refractivity contribution in [2.75, 3.05) is 46.8 Å². The van der Waals surface area contributed by atoms with Crippen LogP contribution in [0.2, 0.25) is 0 Å². The van der Waals surface area contributed by atoms with Gasteiger partial charge >= 0.3 is 0 Å². The fourth-order valence-corrected chi connectivity index (χ4v) is 3.70. The molecule has 160 valence electrons. The van der Waals surface area contributed by atoms with Crippen LogP contribution < -0.4 is 10.6 Å². The Morgan fingerprint density at radius 1 is 1.25 bits per heavy atom. The van der Waals surface area contributed by atoms with Crippen molar-refractivity contribution >= 4 is 29.9 Å². The third-order valence-corrected chi connectivity index (χ3v) is 5.52. The monoisotopic (exact) mass is 504 g/mol. The highest BCUT2D eigenvalue weighted by Gasteiger charge is 2.24. The van der Waals surface area contributed by atoms with Crippen molar-refractivity contribution in [3.05, 3.63) is 11.6 Å². The van der Waals surface area contributed by atoms with Crippen molar-refractivity contribution in [3.8, 4) is 0 Å². The van der Waals surface area contributed by atoms with E-state index in [0.717, 1.165) is 69.7 Å². The molecule has 0 saturated carbocycles. The van der Waals surface area contributed by atoms with E-state index in [-0.39, 0.29) is 24.0 Å². The molecule has 2 atom stereocenters. The van der Waals surface area contributed by atoms with Crippen LogP contribution in [-0.4, -0.2) is 89.4 Å². The lowest BCUT2D eigenvalue weighted by molar-refractivity contribution is 0.119. The molecule has 3 heterocycles. The fourth-order valence-electron chi connectivity index (χ4n) is 3.70. The highest BCUT2D eigenvalue weighted by atomic mass is 127. The molecule has 9 heteroatoms. The number of fused-ring (bicyclic) bond motifs is 1. The number of aryl methyl sites for hydroxylation is 1. The lowest BCUT2D eigenvalue weighted by Crippen LogP contribution is -2.52. The van der Waals surface area contributed by atoms with Gasteiger partial charge in [0.25, 0.3) is 0 Å². The number of aliphatic imine (C=N–C) groups is 1. The molecule has 2 unspecified atom stereocenters. The van der Waals surface area contributed by atoms with Crippen molar-refractivity contribution in [1.29, 1.82) is 0 Å². The van der Waals surface area contributed by atoms with Gasteiger partial charge in [0.1, 0.15) is 5.82 Å². The summed E-state index contributed by atoms with van der Waals surface area (Å²) < 4.78 is 2.07. The molecule has 2 N–H and O–H groups in total. The Labute approximate surface area is 186 Å². The van der Waals surface area contributed by atoms with Crippen LogP contribution in [0.3, 0.4) is 0 Å². The molecule has 3 rings (SSSR count). The molecule has 0 spiro atoms. The minimum absolute atomic E-state index is 0. The van der Waals surface area contributed by atoms with Gasteiger partial charge in [0.15, 0.2) is 11.8 Å². The first-order valence-corrected chi connectivity index (χ1v) is 10.3. The van der Waals surface area contributed by atoms with Gasteiger partial charge in [-0.15, -0.1) is 24.0 Å². The Morgan fingerprint density at radius 3 is 2.75 bits per heavy atom. The van der Waals surface area contributed by atoms with Crippen molar-refractivity contribution in [2.24, 2.45) is 4.99 Å². The molecule has 0 bridgehead atoms. The third kappa shape index (κ3) is 6.03. The average molecular weight is 504 g/mol. The molecular formula is C19H37IN8. The number of guanidine groups is 1. The molecule has 2 aliphatic heterocycles. The molecule has 1 saturated heterocycles. The van der Waals surface area contributed by atoms with Gasteiger partial charge in [-0.2, -0.15) is 5.10 Å². The predicted molar refractivity (Wildman–Crippen MR) is 125 cm³/mol. The van der Waals surface area contributed by atoms with Crippen molar-refractivity contribution in [2.45, 2.75) is 58.2 Å². The summed E-state index contributed by atoms with van der Waals surface area (Å²) in [4.78, 5) is 14.4. The fraction of sp³-hybridized carbons (Fsp3) is 0.842. The highest BCUT2D eigenvalue weighted by Crippen LogP contribution is 2.17. The van der Waals surface area contributed by atoms with Gasteiger partial charge < -0.3 is 15.5 Å². The zero-order valence-corrected chi connectivity index (χ0v) is 20.3. The Bertz CT molecular complexity index is 644. The summed E-state index contributed by atoms with van der Waals surface area (Å²) >= 11 is 0. The first kappa shape index (κ1) is 23.3. The number of halogens is 1. The van der Waals surface area contributed by atoms with E-state index in [2.05, 4.69) is 70.1 Å². The average Bonchev–Trinajstić information content (AvgIpc) is 3.06. The molecule has 28 heavy (non-hydrogen) atoms. The molecular weight excluding hydrogens is 467 g/mol. The van der Waals surface area contributed by atoms with Gasteiger partial charge in [-0.25, -0.2) is 9.67 Å². The number of nitrogens with one attached hydrogen (secondary N) is 2. The van der Waals surface area contributed by atoms with E-state index >= 15 is 0 Å². The Hall–Kier alpha value is -0.940. The van der Waals surface area contributed by atoms with Crippen LogP contribution in [0.5, 0.6) is 0 Å². The van der Waals surface area contributed by atoms with Crippen LogP contribution in [0.4, 0.5) is 0 Å². The van der Waals surface area contributed by atoms with Crippen LogP contribution in [0.15, 0.2) is 4.99 Å². The van der Waals surface area contributed by atoms with Gasteiger partial charge in [0.05, 0.1) is 13.1 Å². The summed E-state index contributed by atoms with van der Waals surface area (Å²) in [6.07, 6.45) is 2.03. The summed E-state index contributed by atoms with van der Waals surface area (Å²) in [6.45, 7) is 12.3. The van der Waals surface area contributed by atoms with Crippen LogP contribution in [0.1, 0.15) is 44.8 Å². The number of rotatable bonds is 5. The Morgan fingerprint density at radius 2 is 2.04 bits per heavy atom. The van der Waals surface area contributed by atoms with Gasteiger partial charge in [-0.05, 0) is 27.4 Å². The molecule has 2 aliphatic rings. The number of aromatic nitrogens is 3. The van der Waals surface area contributed by atoms with E-state index in [1.807, 2.05) is 0 Å². The quantitative estimate of drug-likeness (QED) is 0.356. The molecule has 1 fully saturated rings. The first-order valence-electron chi connectivity index (χ1n) is 10.3. The zero-order chi connectivity index (χ0) is 19.4. The summed E-state index contributed by atoms with van der Waals surface area (Å²) in [6, 6.07) is 0.810. The maximum atomic E-state index is 4.89. The van der Waals surface area contributed by atoms with E-state index < -0.39 is 0 Å². The Balaban J connectivity index is 0.00000280. The molecule has 1 aromatic rings. The largest absolute Gasteiger partial charge is 0.357 e. The number of hydrogen-bond donors (Lipinski definition) is 2. The maximum Gasteiger partial charge on any atom is 0.191 e. The molecule has 8 nitrogen and oxygen atoms in total. The molecule has 0 aromatic carbocycles. The van der Waals surface area contributed by atoms with E-state index in [4.69, 9.17) is 4.99 Å². The van der Waals surface area contributed by atoms with Crippen molar-refractivity contribution in [3.63, 3.8) is 0 Å². The summed E-state index contributed by atoms with van der Waals surface area (Å²) in [5.74, 6) is 3.36. The second kappa shape index (κ2) is 10.7. The van der Waals surface area contributed by atoms with Crippen LogP contribution in [-0.2, 0) is 13.0 Å². The Kier molecular flexibility index (Phi) is 8.94. The minimum Gasteiger partial charge on any atom is -0.357 e. The lowest BCUT2D eigenvalue weighted by Gasteiger charge is -2.37. The SMILES string of the molecule is CCNC(=NCC1CN(C)CCN1C)NC1CCc2nc(C(C)C)nn2C1.I. The van der Waals surface area contributed by atoms with Gasteiger partial charge in [-0.1, -0.05) is 13.8 Å². The number of hydrogen-bond acceptors (Lipinski definition) is 5. The smallest absolute Gasteiger partial charge is 0.191 e. The standard InChI is InChI=1S/C19H36N8.HI/c1-6-20-19(21-11-16-13-25(4)9-10-26(16)5)22-15-7-8-17-23-18(14(2)3)24-27(17)12-15;/h14-16H,6-13H2,1-5H3,(H2,20,21,22);1H. The first-order chi connectivity index (χ1) is 13.0. The van der Waals surface area contributed by atoms with Gasteiger partial charge in [0.2, 0.25) is 0 Å². The van der Waals surface area contributed by atoms with E-state index in [0.29, 0.717) is 18.0 Å². The van der Waals surface area contributed by atoms with Crippen LogP contribution in [0, 0.1) is 0 Å². The van der Waals surface area contributed by atoms with E-state index in [9.17, 15) is 0 Å². The van der Waals surface area contributed by atoms with Crippen molar-refractivity contribution < 1.29 is 0 Å². The molecule has 1 aromatic heterocycles. The topological polar surface area (TPSA) is 73.6 Å². The minimum atomic E-state index is 0. The summed E-state index contributed by atoms with van der Waals surface area (Å²) in [5, 5.41) is 11.7. The van der Waals surface area contributed by atoms with Gasteiger partial charge in [-0.3, -0.25) is 9.89 Å². The van der Waals surface area contributed by atoms with Crippen molar-refractivity contribution in [1.82, 2.24) is 35.2 Å². The normalized spacial score (nSPS) is 24.0. The van der Waals surface area contributed by atoms with E-state index in [1.54, 1.807) is 0 Å². The zero-order valence-electron chi connectivity index (χ0n) is 18.0. The maximum absolute atomic E-state index is 4.89. The van der Waals surface area contributed by atoms with Crippen LogP contribution in [0.25, 0.3) is 0 Å². The third-order valence-electron chi connectivity index (χ3n) is 5.52. The molecule has 0 amide bonds. The molecule has 0 aliphatic carbocycles. The van der Waals surface area contributed by atoms with E-state index in [1.165, 1.54) is 0 Å². The lowest BCUT2D eigenvalue weighted by atomic mass is 10.1.